The van der Waals surface area contributed by atoms with E-state index < -0.39 is 0 Å². The standard InChI is InChI=1S/C16H24O/c1-12(11-17)5-4-10-16(3)13(2)14-6-8-15(16)9-7-14/h5-6,8,14-15,17H,2,4,7,9-11H2,1,3H3/b12-5-/t14-,15+,16+/m0/s1. The lowest BCUT2D eigenvalue weighted by Crippen LogP contribution is -2.38. The Morgan fingerprint density at radius 3 is 2.82 bits per heavy atom. The van der Waals surface area contributed by atoms with Gasteiger partial charge in [-0.25, -0.2) is 0 Å². The van der Waals surface area contributed by atoms with Crippen LogP contribution in [-0.2, 0) is 0 Å². The number of hydrogen-bond acceptors (Lipinski definition) is 1. The Morgan fingerprint density at radius 2 is 2.29 bits per heavy atom. The van der Waals surface area contributed by atoms with Crippen molar-refractivity contribution < 1.29 is 5.11 Å². The molecule has 0 heterocycles. The van der Waals surface area contributed by atoms with E-state index in [1.165, 1.54) is 18.4 Å². The molecule has 3 aliphatic carbocycles. The minimum Gasteiger partial charge on any atom is -0.392 e. The van der Waals surface area contributed by atoms with Crippen LogP contribution in [0.4, 0.5) is 0 Å². The second-order valence-corrected chi connectivity index (χ2v) is 5.87. The van der Waals surface area contributed by atoms with Crippen molar-refractivity contribution in [2.24, 2.45) is 17.3 Å². The lowest BCUT2D eigenvalue weighted by Gasteiger charge is -2.48. The van der Waals surface area contributed by atoms with Gasteiger partial charge < -0.3 is 5.11 Å². The van der Waals surface area contributed by atoms with Crippen molar-refractivity contribution in [2.45, 2.75) is 39.5 Å². The number of allylic oxidation sites excluding steroid dienone is 4. The molecule has 0 aromatic heterocycles. The molecular formula is C16H24O. The summed E-state index contributed by atoms with van der Waals surface area (Å²) in [5, 5.41) is 9.00. The average molecular weight is 232 g/mol. The second kappa shape index (κ2) is 4.81. The van der Waals surface area contributed by atoms with Crippen LogP contribution in [0, 0.1) is 17.3 Å². The van der Waals surface area contributed by atoms with E-state index in [0.29, 0.717) is 11.8 Å². The van der Waals surface area contributed by atoms with Crippen LogP contribution in [0.2, 0.25) is 0 Å². The van der Waals surface area contributed by atoms with Gasteiger partial charge in [0.05, 0.1) is 6.61 Å². The molecule has 0 radical (unpaired) electrons. The first-order chi connectivity index (χ1) is 8.08. The Labute approximate surface area is 105 Å². The van der Waals surface area contributed by atoms with Crippen LogP contribution in [-0.4, -0.2) is 11.7 Å². The fourth-order valence-corrected chi connectivity index (χ4v) is 3.33. The molecule has 0 aliphatic heterocycles. The lowest BCUT2D eigenvalue weighted by atomic mass is 9.56. The van der Waals surface area contributed by atoms with Crippen molar-refractivity contribution in [3.05, 3.63) is 36.0 Å². The summed E-state index contributed by atoms with van der Waals surface area (Å²) in [7, 11) is 0. The normalized spacial score (nSPS) is 36.6. The van der Waals surface area contributed by atoms with Crippen LogP contribution in [0.5, 0.6) is 0 Å². The maximum Gasteiger partial charge on any atom is 0.0639 e. The molecule has 3 rings (SSSR count). The van der Waals surface area contributed by atoms with E-state index in [4.69, 9.17) is 5.11 Å². The molecule has 1 N–H and O–H groups in total. The molecule has 1 fully saturated rings. The minimum absolute atomic E-state index is 0.184. The van der Waals surface area contributed by atoms with Gasteiger partial charge in [0.2, 0.25) is 0 Å². The first kappa shape index (κ1) is 12.6. The predicted octanol–water partition coefficient (Wildman–Crippen LogP) is 3.86. The molecule has 1 saturated carbocycles. The van der Waals surface area contributed by atoms with Crippen molar-refractivity contribution in [3.8, 4) is 0 Å². The summed E-state index contributed by atoms with van der Waals surface area (Å²) >= 11 is 0. The van der Waals surface area contributed by atoms with Crippen molar-refractivity contribution in [1.82, 2.24) is 0 Å². The summed E-state index contributed by atoms with van der Waals surface area (Å²) in [5.74, 6) is 1.30. The summed E-state index contributed by atoms with van der Waals surface area (Å²) in [5.41, 5.74) is 2.80. The molecule has 3 aliphatic rings. The van der Waals surface area contributed by atoms with Gasteiger partial charge in [-0.15, -0.1) is 0 Å². The first-order valence-electron chi connectivity index (χ1n) is 6.72. The highest BCUT2D eigenvalue weighted by molar-refractivity contribution is 5.29. The Balaban J connectivity index is 2.04. The molecular weight excluding hydrogens is 208 g/mol. The molecule has 3 atom stereocenters. The molecule has 0 amide bonds. The average Bonchev–Trinajstić information content (AvgIpc) is 2.36. The molecule has 1 heteroatoms. The zero-order valence-corrected chi connectivity index (χ0v) is 11.1. The molecule has 1 nitrogen and oxygen atoms in total. The maximum absolute atomic E-state index is 9.00. The van der Waals surface area contributed by atoms with E-state index >= 15 is 0 Å². The van der Waals surface area contributed by atoms with E-state index in [-0.39, 0.29) is 12.0 Å². The van der Waals surface area contributed by atoms with Crippen LogP contribution < -0.4 is 0 Å². The third-order valence-corrected chi connectivity index (χ3v) is 4.77. The SMILES string of the molecule is C=C1[C@H]2C=C[C@H](CC2)[C@]1(C)CC/C=C(/C)CO. The number of hydrogen-bond donors (Lipinski definition) is 1. The van der Waals surface area contributed by atoms with E-state index in [1.54, 1.807) is 0 Å². The highest BCUT2D eigenvalue weighted by Crippen LogP contribution is 2.54. The Hall–Kier alpha value is -0.820. The summed E-state index contributed by atoms with van der Waals surface area (Å²) in [6.45, 7) is 8.89. The van der Waals surface area contributed by atoms with Gasteiger partial charge in [-0.1, -0.05) is 42.9 Å². The van der Waals surface area contributed by atoms with Gasteiger partial charge in [-0.2, -0.15) is 0 Å². The quantitative estimate of drug-likeness (QED) is 0.730. The minimum atomic E-state index is 0.184. The van der Waals surface area contributed by atoms with Gasteiger partial charge >= 0.3 is 0 Å². The fraction of sp³-hybridized carbons (Fsp3) is 0.625. The van der Waals surface area contributed by atoms with Crippen molar-refractivity contribution in [2.75, 3.05) is 6.61 Å². The van der Waals surface area contributed by atoms with Crippen molar-refractivity contribution in [1.29, 1.82) is 0 Å². The fourth-order valence-electron chi connectivity index (χ4n) is 3.33. The summed E-state index contributed by atoms with van der Waals surface area (Å²) in [6.07, 6.45) is 11.8. The van der Waals surface area contributed by atoms with E-state index in [0.717, 1.165) is 18.4 Å². The zero-order chi connectivity index (χ0) is 12.5. The van der Waals surface area contributed by atoms with Crippen LogP contribution >= 0.6 is 0 Å². The van der Waals surface area contributed by atoms with E-state index in [1.807, 2.05) is 6.92 Å². The van der Waals surface area contributed by atoms with Gasteiger partial charge in [-0.3, -0.25) is 0 Å². The zero-order valence-electron chi connectivity index (χ0n) is 11.1. The monoisotopic (exact) mass is 232 g/mol. The first-order valence-corrected chi connectivity index (χ1v) is 6.72. The smallest absolute Gasteiger partial charge is 0.0639 e. The van der Waals surface area contributed by atoms with Gasteiger partial charge in [0.1, 0.15) is 0 Å². The number of fused-ring (bicyclic) bond motifs is 2. The molecule has 0 aromatic rings. The third kappa shape index (κ3) is 2.26. The molecule has 0 spiro atoms. The van der Waals surface area contributed by atoms with Gasteiger partial charge in [0.15, 0.2) is 0 Å². The van der Waals surface area contributed by atoms with Crippen LogP contribution in [0.15, 0.2) is 36.0 Å². The molecule has 0 unspecified atom stereocenters. The van der Waals surface area contributed by atoms with Crippen LogP contribution in [0.3, 0.4) is 0 Å². The van der Waals surface area contributed by atoms with Gasteiger partial charge in [-0.05, 0) is 49.9 Å². The third-order valence-electron chi connectivity index (χ3n) is 4.77. The van der Waals surface area contributed by atoms with Crippen LogP contribution in [0.25, 0.3) is 0 Å². The molecule has 0 aromatic carbocycles. The lowest BCUT2D eigenvalue weighted by molar-refractivity contribution is 0.177. The number of rotatable bonds is 4. The molecule has 0 saturated heterocycles. The number of aliphatic hydroxyl groups is 1. The van der Waals surface area contributed by atoms with Gasteiger partial charge in [0, 0.05) is 0 Å². The highest BCUT2D eigenvalue weighted by Gasteiger charge is 2.43. The summed E-state index contributed by atoms with van der Waals surface area (Å²) in [4.78, 5) is 0. The Kier molecular flexibility index (Phi) is 3.58. The Morgan fingerprint density at radius 1 is 1.53 bits per heavy atom. The van der Waals surface area contributed by atoms with Crippen molar-refractivity contribution >= 4 is 0 Å². The molecule has 17 heavy (non-hydrogen) atoms. The highest BCUT2D eigenvalue weighted by atomic mass is 16.3. The van der Waals surface area contributed by atoms with E-state index in [9.17, 15) is 0 Å². The summed E-state index contributed by atoms with van der Waals surface area (Å²) in [6, 6.07) is 0. The molecule has 2 bridgehead atoms. The predicted molar refractivity (Wildman–Crippen MR) is 72.7 cm³/mol. The van der Waals surface area contributed by atoms with Crippen molar-refractivity contribution in [3.63, 3.8) is 0 Å². The molecule has 94 valence electrons. The largest absolute Gasteiger partial charge is 0.392 e. The maximum atomic E-state index is 9.00. The Bertz CT molecular complexity index is 364. The topological polar surface area (TPSA) is 20.2 Å². The number of aliphatic hydroxyl groups excluding tert-OH is 1. The summed E-state index contributed by atoms with van der Waals surface area (Å²) < 4.78 is 0. The van der Waals surface area contributed by atoms with Crippen LogP contribution in [0.1, 0.15) is 39.5 Å². The van der Waals surface area contributed by atoms with Gasteiger partial charge in [0.25, 0.3) is 0 Å². The van der Waals surface area contributed by atoms with E-state index in [2.05, 4.69) is 31.7 Å². The second-order valence-electron chi connectivity index (χ2n) is 5.87.